The van der Waals surface area contributed by atoms with Gasteiger partial charge in [0.05, 0.1) is 18.3 Å². The number of aromatic nitrogens is 1. The van der Waals surface area contributed by atoms with E-state index < -0.39 is 0 Å². The number of hydrogen-bond acceptors (Lipinski definition) is 4. The highest BCUT2D eigenvalue weighted by Gasteiger charge is 2.17. The first-order valence-electron chi connectivity index (χ1n) is 14.0. The number of benzene rings is 2. The third-order valence-electron chi connectivity index (χ3n) is 6.76. The van der Waals surface area contributed by atoms with Crippen molar-refractivity contribution in [2.45, 2.75) is 66.7 Å². The third-order valence-corrected chi connectivity index (χ3v) is 6.76. The van der Waals surface area contributed by atoms with Gasteiger partial charge in [-0.1, -0.05) is 71.5 Å². The van der Waals surface area contributed by atoms with Crippen molar-refractivity contribution in [3.05, 3.63) is 77.0 Å². The van der Waals surface area contributed by atoms with Crippen molar-refractivity contribution in [2.75, 3.05) is 33.8 Å². The van der Waals surface area contributed by atoms with Crippen LogP contribution in [0.15, 0.2) is 54.2 Å². The van der Waals surface area contributed by atoms with E-state index in [1.165, 1.54) is 43.5 Å². The van der Waals surface area contributed by atoms with Crippen molar-refractivity contribution in [1.29, 1.82) is 0 Å². The number of aryl methyl sites for hydroxylation is 2. The monoisotopic (exact) mass is 501 g/mol. The Morgan fingerprint density at radius 3 is 2.35 bits per heavy atom. The van der Waals surface area contributed by atoms with Gasteiger partial charge in [0.25, 0.3) is 0 Å². The average Bonchev–Trinajstić information content (AvgIpc) is 2.96. The Hall–Kier alpha value is -2.98. The summed E-state index contributed by atoms with van der Waals surface area (Å²) in [4.78, 5) is 12.0. The van der Waals surface area contributed by atoms with Crippen molar-refractivity contribution in [1.82, 2.24) is 9.88 Å². The molecular weight excluding hydrogens is 454 g/mol. The third kappa shape index (κ3) is 7.75. The van der Waals surface area contributed by atoms with Crippen LogP contribution in [0.4, 0.5) is 0 Å². The van der Waals surface area contributed by atoms with Crippen LogP contribution >= 0.6 is 0 Å². The molecule has 0 aliphatic heterocycles. The fourth-order valence-corrected chi connectivity index (χ4v) is 4.79. The Balaban J connectivity index is 0.00000235. The molecular formula is C33H47N3O. The van der Waals surface area contributed by atoms with Gasteiger partial charge in [0.1, 0.15) is 5.75 Å². The van der Waals surface area contributed by atoms with Crippen LogP contribution in [0, 0.1) is 0 Å². The van der Waals surface area contributed by atoms with Gasteiger partial charge in [0, 0.05) is 41.4 Å². The summed E-state index contributed by atoms with van der Waals surface area (Å²) in [6.07, 6.45) is 9.50. The smallest absolute Gasteiger partial charge is 0.128 e. The number of unbranched alkanes of at least 4 members (excludes halogenated alkanes) is 1. The van der Waals surface area contributed by atoms with E-state index in [1.54, 1.807) is 7.11 Å². The van der Waals surface area contributed by atoms with Crippen LogP contribution in [-0.4, -0.2) is 49.4 Å². The van der Waals surface area contributed by atoms with Crippen molar-refractivity contribution >= 4 is 22.7 Å². The molecule has 2 aromatic carbocycles. The second-order valence-electron chi connectivity index (χ2n) is 8.99. The molecule has 0 saturated carbocycles. The molecule has 1 aromatic heterocycles. The van der Waals surface area contributed by atoms with Crippen molar-refractivity contribution in [3.8, 4) is 5.75 Å². The first kappa shape index (κ1) is 30.2. The van der Waals surface area contributed by atoms with Gasteiger partial charge in [-0.15, -0.1) is 0 Å². The molecule has 0 radical (unpaired) electrons. The van der Waals surface area contributed by atoms with E-state index in [1.807, 2.05) is 39.2 Å². The molecule has 0 unspecified atom stereocenters. The lowest BCUT2D eigenvalue weighted by molar-refractivity contribution is 0.282. The fraction of sp³-hybridized carbons (Fsp3) is 0.455. The maximum absolute atomic E-state index is 5.55. The minimum atomic E-state index is 0.784. The van der Waals surface area contributed by atoms with Crippen LogP contribution < -0.4 is 4.74 Å². The number of methoxy groups -OCH3 is 1. The Bertz CT molecular complexity index is 1150. The van der Waals surface area contributed by atoms with Crippen LogP contribution in [0.2, 0.25) is 0 Å². The number of fused-ring (bicyclic) bond motifs is 1. The summed E-state index contributed by atoms with van der Waals surface area (Å²) >= 11 is 0. The van der Waals surface area contributed by atoms with E-state index in [4.69, 9.17) is 14.7 Å². The quantitative estimate of drug-likeness (QED) is 0.176. The SMILES string of the molecule is C=Cc1cc2c(C(=NC)c3ccc(CCCCN(CC)CCC)cc3)c(CC)cnc2cc1OC.CC. The van der Waals surface area contributed by atoms with Crippen LogP contribution in [-0.2, 0) is 12.8 Å². The van der Waals surface area contributed by atoms with Gasteiger partial charge in [-0.2, -0.15) is 0 Å². The molecule has 0 saturated heterocycles. The molecule has 37 heavy (non-hydrogen) atoms. The highest BCUT2D eigenvalue weighted by atomic mass is 16.5. The van der Waals surface area contributed by atoms with Gasteiger partial charge in [0.15, 0.2) is 0 Å². The molecule has 200 valence electrons. The molecule has 0 amide bonds. The second-order valence-corrected chi connectivity index (χ2v) is 8.99. The largest absolute Gasteiger partial charge is 0.496 e. The highest BCUT2D eigenvalue weighted by molar-refractivity contribution is 6.20. The average molecular weight is 502 g/mol. The van der Waals surface area contributed by atoms with Crippen molar-refractivity contribution < 1.29 is 4.74 Å². The van der Waals surface area contributed by atoms with E-state index in [9.17, 15) is 0 Å². The number of rotatable bonds is 13. The first-order chi connectivity index (χ1) is 18.1. The first-order valence-corrected chi connectivity index (χ1v) is 14.0. The highest BCUT2D eigenvalue weighted by Crippen LogP contribution is 2.31. The standard InChI is InChI=1S/C31H41N3O.C2H6/c1-7-18-34(10-4)19-12-11-13-23-14-16-26(17-15-23)31(32-5)30-25(9-3)22-33-28-21-29(35-6)24(8-2)20-27(28)30;1-2/h8,14-17,20-22H,2,7,9-13,18-19H2,1,3-6H3;1-2H3. The molecule has 0 spiro atoms. The molecule has 1 heterocycles. The van der Waals surface area contributed by atoms with E-state index >= 15 is 0 Å². The molecule has 0 aliphatic carbocycles. The maximum Gasteiger partial charge on any atom is 0.128 e. The molecule has 0 aliphatic rings. The lowest BCUT2D eigenvalue weighted by Crippen LogP contribution is -2.25. The minimum Gasteiger partial charge on any atom is -0.496 e. The van der Waals surface area contributed by atoms with Crippen molar-refractivity contribution in [3.63, 3.8) is 0 Å². The predicted octanol–water partition coefficient (Wildman–Crippen LogP) is 8.00. The summed E-state index contributed by atoms with van der Waals surface area (Å²) in [6, 6.07) is 13.1. The van der Waals surface area contributed by atoms with Gasteiger partial charge < -0.3 is 9.64 Å². The summed E-state index contributed by atoms with van der Waals surface area (Å²) < 4.78 is 5.55. The van der Waals surface area contributed by atoms with Crippen LogP contribution in [0.25, 0.3) is 17.0 Å². The summed E-state index contributed by atoms with van der Waals surface area (Å²) in [7, 11) is 3.56. The fourth-order valence-electron chi connectivity index (χ4n) is 4.79. The Morgan fingerprint density at radius 1 is 1.05 bits per heavy atom. The number of aliphatic imine (C=N–C) groups is 1. The second kappa shape index (κ2) is 16.0. The number of hydrogen-bond donors (Lipinski definition) is 0. The van der Waals surface area contributed by atoms with Crippen molar-refractivity contribution in [2.24, 2.45) is 4.99 Å². The zero-order chi connectivity index (χ0) is 27.2. The summed E-state index contributed by atoms with van der Waals surface area (Å²) in [6.45, 7) is 18.2. The van der Waals surface area contributed by atoms with Gasteiger partial charge in [-0.3, -0.25) is 9.98 Å². The van der Waals surface area contributed by atoms with E-state index in [0.717, 1.165) is 58.4 Å². The van der Waals surface area contributed by atoms with E-state index in [2.05, 4.69) is 62.6 Å². The minimum absolute atomic E-state index is 0.784. The molecule has 0 bridgehead atoms. The molecule has 0 fully saturated rings. The number of pyridine rings is 1. The molecule has 0 atom stereocenters. The lowest BCUT2D eigenvalue weighted by atomic mass is 9.92. The Kier molecular flexibility index (Phi) is 13.1. The van der Waals surface area contributed by atoms with Gasteiger partial charge >= 0.3 is 0 Å². The zero-order valence-electron chi connectivity index (χ0n) is 24.2. The lowest BCUT2D eigenvalue weighted by Gasteiger charge is -2.19. The number of nitrogens with zero attached hydrogens (tertiary/aromatic N) is 3. The predicted molar refractivity (Wildman–Crippen MR) is 162 cm³/mol. The van der Waals surface area contributed by atoms with Crippen LogP contribution in [0.1, 0.15) is 81.7 Å². The molecule has 3 aromatic rings. The van der Waals surface area contributed by atoms with Gasteiger partial charge in [-0.05, 0) is 68.9 Å². The van der Waals surface area contributed by atoms with Crippen LogP contribution in [0.5, 0.6) is 5.75 Å². The summed E-state index contributed by atoms with van der Waals surface area (Å²) in [5.41, 5.74) is 7.72. The molecule has 4 nitrogen and oxygen atoms in total. The Morgan fingerprint density at radius 2 is 1.78 bits per heavy atom. The van der Waals surface area contributed by atoms with Gasteiger partial charge in [-0.25, -0.2) is 0 Å². The normalized spacial score (nSPS) is 11.4. The summed E-state index contributed by atoms with van der Waals surface area (Å²) in [5.74, 6) is 0.784. The molecule has 0 N–H and O–H groups in total. The van der Waals surface area contributed by atoms with Crippen LogP contribution in [0.3, 0.4) is 0 Å². The summed E-state index contributed by atoms with van der Waals surface area (Å²) in [5, 5.41) is 1.08. The van der Waals surface area contributed by atoms with E-state index in [-0.39, 0.29) is 0 Å². The maximum atomic E-state index is 5.55. The zero-order valence-corrected chi connectivity index (χ0v) is 24.2. The molecule has 4 heteroatoms. The topological polar surface area (TPSA) is 37.7 Å². The van der Waals surface area contributed by atoms with Gasteiger partial charge in [0.2, 0.25) is 0 Å². The van der Waals surface area contributed by atoms with E-state index in [0.29, 0.717) is 0 Å². The molecule has 3 rings (SSSR count). The Labute approximate surface area is 225 Å². The number of ether oxygens (including phenoxy) is 1.